The Morgan fingerprint density at radius 3 is 1.94 bits per heavy atom. The average molecular weight is 244 g/mol. The Morgan fingerprint density at radius 1 is 0.944 bits per heavy atom. The molecule has 3 rings (SSSR count). The minimum absolute atomic E-state index is 0.0252. The summed E-state index contributed by atoms with van der Waals surface area (Å²) in [5, 5.41) is 0. The molecule has 0 bridgehead atoms. The Hall–Kier alpha value is -1.68. The number of hydrogen-bond donors (Lipinski definition) is 1. The van der Waals surface area contributed by atoms with Gasteiger partial charge in [0.05, 0.1) is 11.1 Å². The number of imide groups is 1. The highest BCUT2D eigenvalue weighted by atomic mass is 16.2. The average Bonchev–Trinajstić information content (AvgIpc) is 2.64. The van der Waals surface area contributed by atoms with Gasteiger partial charge in [0.2, 0.25) is 0 Å². The molecular weight excluding hydrogens is 228 g/mol. The van der Waals surface area contributed by atoms with Gasteiger partial charge in [-0.25, -0.2) is 0 Å². The molecule has 2 aliphatic rings. The van der Waals surface area contributed by atoms with E-state index in [9.17, 15) is 9.59 Å². The summed E-state index contributed by atoms with van der Waals surface area (Å²) in [7, 11) is 0. The van der Waals surface area contributed by atoms with Gasteiger partial charge in [0.1, 0.15) is 0 Å². The molecule has 2 N–H and O–H groups in total. The van der Waals surface area contributed by atoms with Crippen LogP contribution in [0.5, 0.6) is 0 Å². The Balaban J connectivity index is 1.88. The summed E-state index contributed by atoms with van der Waals surface area (Å²) >= 11 is 0. The van der Waals surface area contributed by atoms with Crippen molar-refractivity contribution in [3.8, 4) is 0 Å². The number of carbonyl (C=O) groups excluding carboxylic acids is 2. The van der Waals surface area contributed by atoms with E-state index in [0.717, 1.165) is 25.7 Å². The van der Waals surface area contributed by atoms with Crippen molar-refractivity contribution in [1.29, 1.82) is 0 Å². The summed E-state index contributed by atoms with van der Waals surface area (Å²) in [6, 6.07) is 7.29. The number of hydrogen-bond acceptors (Lipinski definition) is 3. The lowest BCUT2D eigenvalue weighted by atomic mass is 9.91. The van der Waals surface area contributed by atoms with Gasteiger partial charge >= 0.3 is 0 Å². The van der Waals surface area contributed by atoms with Crippen molar-refractivity contribution in [2.24, 2.45) is 5.73 Å². The van der Waals surface area contributed by atoms with Crippen LogP contribution in [0.1, 0.15) is 46.4 Å². The topological polar surface area (TPSA) is 63.4 Å². The molecule has 0 aromatic heterocycles. The molecule has 1 aromatic rings. The van der Waals surface area contributed by atoms with Crippen LogP contribution >= 0.6 is 0 Å². The molecule has 1 heterocycles. The second-order valence-corrected chi connectivity index (χ2v) is 5.09. The molecule has 1 aromatic carbocycles. The highest BCUT2D eigenvalue weighted by Crippen LogP contribution is 2.30. The molecule has 0 radical (unpaired) electrons. The van der Waals surface area contributed by atoms with E-state index in [1.165, 1.54) is 4.90 Å². The fourth-order valence-electron chi connectivity index (χ4n) is 2.90. The van der Waals surface area contributed by atoms with Crippen molar-refractivity contribution in [3.05, 3.63) is 35.4 Å². The van der Waals surface area contributed by atoms with Crippen molar-refractivity contribution in [2.45, 2.75) is 37.8 Å². The zero-order valence-electron chi connectivity index (χ0n) is 10.1. The van der Waals surface area contributed by atoms with Gasteiger partial charge in [-0.1, -0.05) is 12.1 Å². The summed E-state index contributed by atoms with van der Waals surface area (Å²) in [6.45, 7) is 0. The Kier molecular flexibility index (Phi) is 2.67. The first kappa shape index (κ1) is 11.4. The maximum Gasteiger partial charge on any atom is 0.261 e. The Bertz CT molecular complexity index is 469. The van der Waals surface area contributed by atoms with Gasteiger partial charge in [-0.3, -0.25) is 14.5 Å². The largest absolute Gasteiger partial charge is 0.328 e. The highest BCUT2D eigenvalue weighted by molar-refractivity contribution is 6.21. The van der Waals surface area contributed by atoms with E-state index in [1.807, 2.05) is 0 Å². The molecule has 1 aliphatic carbocycles. The van der Waals surface area contributed by atoms with Crippen LogP contribution in [0.2, 0.25) is 0 Å². The van der Waals surface area contributed by atoms with E-state index >= 15 is 0 Å². The molecule has 0 atom stereocenters. The molecule has 1 fully saturated rings. The summed E-state index contributed by atoms with van der Waals surface area (Å²) < 4.78 is 0. The summed E-state index contributed by atoms with van der Waals surface area (Å²) in [5.74, 6) is -0.285. The summed E-state index contributed by atoms with van der Waals surface area (Å²) in [5.41, 5.74) is 6.94. The molecule has 18 heavy (non-hydrogen) atoms. The standard InChI is InChI=1S/C14H16N2O2/c15-9-5-7-10(8-6-9)16-13(17)11-3-1-2-4-12(11)14(16)18/h1-4,9-10H,5-8,15H2. The normalized spacial score (nSPS) is 27.5. The number of benzene rings is 1. The molecule has 94 valence electrons. The number of fused-ring (bicyclic) bond motifs is 1. The maximum absolute atomic E-state index is 12.3. The molecule has 0 unspecified atom stereocenters. The van der Waals surface area contributed by atoms with Crippen LogP contribution in [0, 0.1) is 0 Å². The fourth-order valence-corrected chi connectivity index (χ4v) is 2.90. The lowest BCUT2D eigenvalue weighted by Gasteiger charge is -2.31. The number of nitrogens with zero attached hydrogens (tertiary/aromatic N) is 1. The molecule has 0 spiro atoms. The third kappa shape index (κ3) is 1.64. The van der Waals surface area contributed by atoms with Crippen molar-refractivity contribution in [3.63, 3.8) is 0 Å². The zero-order chi connectivity index (χ0) is 12.7. The molecule has 1 aliphatic heterocycles. The van der Waals surface area contributed by atoms with Crippen LogP contribution in [-0.4, -0.2) is 28.8 Å². The van der Waals surface area contributed by atoms with Gasteiger partial charge in [-0.2, -0.15) is 0 Å². The third-order valence-corrected chi connectivity index (χ3v) is 3.93. The van der Waals surface area contributed by atoms with E-state index in [4.69, 9.17) is 5.73 Å². The first-order chi connectivity index (χ1) is 8.68. The lowest BCUT2D eigenvalue weighted by Crippen LogP contribution is -2.43. The smallest absolute Gasteiger partial charge is 0.261 e. The van der Waals surface area contributed by atoms with Crippen molar-refractivity contribution < 1.29 is 9.59 Å². The first-order valence-corrected chi connectivity index (χ1v) is 6.41. The van der Waals surface area contributed by atoms with E-state index in [1.54, 1.807) is 24.3 Å². The van der Waals surface area contributed by atoms with Crippen molar-refractivity contribution in [2.75, 3.05) is 0 Å². The van der Waals surface area contributed by atoms with Crippen LogP contribution in [0.15, 0.2) is 24.3 Å². The number of nitrogens with two attached hydrogens (primary N) is 1. The minimum atomic E-state index is -0.143. The third-order valence-electron chi connectivity index (χ3n) is 3.93. The Morgan fingerprint density at radius 2 is 1.44 bits per heavy atom. The van der Waals surface area contributed by atoms with Crippen LogP contribution in [-0.2, 0) is 0 Å². The molecular formula is C14H16N2O2. The summed E-state index contributed by atoms with van der Waals surface area (Å²) in [6.07, 6.45) is 3.43. The second-order valence-electron chi connectivity index (χ2n) is 5.09. The number of rotatable bonds is 1. The molecule has 0 saturated heterocycles. The predicted molar refractivity (Wildman–Crippen MR) is 67.2 cm³/mol. The first-order valence-electron chi connectivity index (χ1n) is 6.41. The maximum atomic E-state index is 12.3. The molecule has 4 nitrogen and oxygen atoms in total. The van der Waals surface area contributed by atoms with Gasteiger partial charge in [0.15, 0.2) is 0 Å². The highest BCUT2D eigenvalue weighted by Gasteiger charge is 2.40. The molecule has 2 amide bonds. The number of carbonyl (C=O) groups is 2. The van der Waals surface area contributed by atoms with Crippen LogP contribution in [0.4, 0.5) is 0 Å². The van der Waals surface area contributed by atoms with Crippen LogP contribution < -0.4 is 5.73 Å². The second kappa shape index (κ2) is 4.21. The lowest BCUT2D eigenvalue weighted by molar-refractivity contribution is 0.0543. The molecule has 1 saturated carbocycles. The minimum Gasteiger partial charge on any atom is -0.328 e. The SMILES string of the molecule is NC1CCC(N2C(=O)c3ccccc3C2=O)CC1. The van der Waals surface area contributed by atoms with Gasteiger partial charge in [0, 0.05) is 12.1 Å². The monoisotopic (exact) mass is 244 g/mol. The van der Waals surface area contributed by atoms with E-state index < -0.39 is 0 Å². The Labute approximate surface area is 106 Å². The predicted octanol–water partition coefficient (Wildman–Crippen LogP) is 1.55. The summed E-state index contributed by atoms with van der Waals surface area (Å²) in [4.78, 5) is 26.0. The van der Waals surface area contributed by atoms with Gasteiger partial charge in [0.25, 0.3) is 11.8 Å². The van der Waals surface area contributed by atoms with Gasteiger partial charge in [-0.15, -0.1) is 0 Å². The van der Waals surface area contributed by atoms with Crippen molar-refractivity contribution >= 4 is 11.8 Å². The van der Waals surface area contributed by atoms with Crippen molar-refractivity contribution in [1.82, 2.24) is 4.90 Å². The van der Waals surface area contributed by atoms with Gasteiger partial charge < -0.3 is 5.73 Å². The van der Waals surface area contributed by atoms with E-state index in [-0.39, 0.29) is 23.9 Å². The number of amides is 2. The van der Waals surface area contributed by atoms with Crippen LogP contribution in [0.25, 0.3) is 0 Å². The molecule has 4 heteroatoms. The van der Waals surface area contributed by atoms with Crippen LogP contribution in [0.3, 0.4) is 0 Å². The van der Waals surface area contributed by atoms with E-state index in [2.05, 4.69) is 0 Å². The van der Waals surface area contributed by atoms with E-state index in [0.29, 0.717) is 11.1 Å². The fraction of sp³-hybridized carbons (Fsp3) is 0.429. The zero-order valence-corrected chi connectivity index (χ0v) is 10.1. The quantitative estimate of drug-likeness (QED) is 0.762. The van der Waals surface area contributed by atoms with Gasteiger partial charge in [-0.05, 0) is 37.8 Å².